The van der Waals surface area contributed by atoms with E-state index < -0.39 is 6.29 Å². The standard InChI is InChI=1S/C19H38O2/c1-3-4-5-6-7-8-9-10-11-12-13-14-15-16-17-18-21-19(2)20/h17-20H,3-16H2,1-2H3. The number of allylic oxidation sites excluding steroid dienone is 1. The van der Waals surface area contributed by atoms with Gasteiger partial charge in [0.05, 0.1) is 6.26 Å². The lowest BCUT2D eigenvalue weighted by Crippen LogP contribution is -1.99. The van der Waals surface area contributed by atoms with E-state index in [-0.39, 0.29) is 0 Å². The lowest BCUT2D eigenvalue weighted by Gasteiger charge is -2.03. The summed E-state index contributed by atoms with van der Waals surface area (Å²) in [6.45, 7) is 3.90. The van der Waals surface area contributed by atoms with Gasteiger partial charge in [-0.25, -0.2) is 0 Å². The first kappa shape index (κ1) is 20.5. The fourth-order valence-electron chi connectivity index (χ4n) is 2.52. The largest absolute Gasteiger partial charge is 0.473 e. The second kappa shape index (κ2) is 17.6. The van der Waals surface area contributed by atoms with E-state index >= 15 is 0 Å². The fraction of sp³-hybridized carbons (Fsp3) is 0.895. The Kier molecular flexibility index (Phi) is 17.1. The number of aliphatic hydroxyl groups is 1. The second-order valence-corrected chi connectivity index (χ2v) is 6.14. The Balaban J connectivity index is 3.01. The summed E-state index contributed by atoms with van der Waals surface area (Å²) in [6, 6.07) is 0. The average molecular weight is 299 g/mol. The molecule has 0 aromatic rings. The van der Waals surface area contributed by atoms with Crippen molar-refractivity contribution >= 4 is 0 Å². The highest BCUT2D eigenvalue weighted by molar-refractivity contribution is 4.73. The molecule has 0 aromatic carbocycles. The van der Waals surface area contributed by atoms with Crippen LogP contribution in [0.3, 0.4) is 0 Å². The zero-order valence-electron chi connectivity index (χ0n) is 14.5. The first-order valence-corrected chi connectivity index (χ1v) is 9.26. The van der Waals surface area contributed by atoms with Crippen molar-refractivity contribution in [1.29, 1.82) is 0 Å². The van der Waals surface area contributed by atoms with Crippen molar-refractivity contribution in [2.45, 2.75) is 110 Å². The Bertz CT molecular complexity index is 212. The summed E-state index contributed by atoms with van der Waals surface area (Å²) >= 11 is 0. The molecule has 126 valence electrons. The zero-order valence-corrected chi connectivity index (χ0v) is 14.5. The summed E-state index contributed by atoms with van der Waals surface area (Å²) in [5.41, 5.74) is 0. The Hall–Kier alpha value is -0.500. The summed E-state index contributed by atoms with van der Waals surface area (Å²) in [5.74, 6) is 0. The third-order valence-electron chi connectivity index (χ3n) is 3.85. The molecule has 21 heavy (non-hydrogen) atoms. The Labute approximate surface area is 133 Å². The number of aliphatic hydroxyl groups excluding tert-OH is 1. The van der Waals surface area contributed by atoms with Gasteiger partial charge in [0, 0.05) is 0 Å². The minimum Gasteiger partial charge on any atom is -0.473 e. The maximum Gasteiger partial charge on any atom is 0.193 e. The van der Waals surface area contributed by atoms with Gasteiger partial charge in [-0.3, -0.25) is 0 Å². The number of rotatable bonds is 16. The molecule has 0 amide bonds. The van der Waals surface area contributed by atoms with Gasteiger partial charge in [0.1, 0.15) is 0 Å². The van der Waals surface area contributed by atoms with Crippen LogP contribution in [-0.2, 0) is 4.74 Å². The van der Waals surface area contributed by atoms with Gasteiger partial charge < -0.3 is 9.84 Å². The van der Waals surface area contributed by atoms with Gasteiger partial charge in [-0.05, 0) is 25.8 Å². The molecule has 1 atom stereocenters. The molecule has 1 unspecified atom stereocenters. The molecular weight excluding hydrogens is 260 g/mol. The maximum absolute atomic E-state index is 8.89. The molecule has 0 aliphatic heterocycles. The lowest BCUT2D eigenvalue weighted by molar-refractivity contribution is -0.0352. The van der Waals surface area contributed by atoms with Gasteiger partial charge in [0.2, 0.25) is 0 Å². The minimum atomic E-state index is -0.687. The van der Waals surface area contributed by atoms with E-state index in [1.165, 1.54) is 83.5 Å². The van der Waals surface area contributed by atoms with Gasteiger partial charge in [-0.2, -0.15) is 0 Å². The van der Waals surface area contributed by atoms with Crippen molar-refractivity contribution in [3.63, 3.8) is 0 Å². The molecule has 0 heterocycles. The lowest BCUT2D eigenvalue weighted by atomic mass is 10.0. The third-order valence-corrected chi connectivity index (χ3v) is 3.85. The number of hydrogen-bond donors (Lipinski definition) is 1. The smallest absolute Gasteiger partial charge is 0.193 e. The number of unbranched alkanes of at least 4 members (excludes halogenated alkanes) is 13. The van der Waals surface area contributed by atoms with E-state index in [2.05, 4.69) is 6.92 Å². The van der Waals surface area contributed by atoms with Crippen LogP contribution in [-0.4, -0.2) is 11.4 Å². The average Bonchev–Trinajstić information content (AvgIpc) is 2.46. The first-order valence-electron chi connectivity index (χ1n) is 9.26. The fourth-order valence-corrected chi connectivity index (χ4v) is 2.52. The van der Waals surface area contributed by atoms with E-state index in [0.717, 1.165) is 6.42 Å². The van der Waals surface area contributed by atoms with E-state index in [0.29, 0.717) is 0 Å². The summed E-state index contributed by atoms with van der Waals surface area (Å²) in [4.78, 5) is 0. The Morgan fingerprint density at radius 1 is 0.762 bits per heavy atom. The summed E-state index contributed by atoms with van der Waals surface area (Å²) < 4.78 is 4.93. The molecule has 2 heteroatoms. The maximum atomic E-state index is 8.89. The molecule has 0 saturated carbocycles. The molecule has 1 N–H and O–H groups in total. The van der Waals surface area contributed by atoms with Crippen LogP contribution in [0.4, 0.5) is 0 Å². The van der Waals surface area contributed by atoms with Crippen LogP contribution in [0.2, 0.25) is 0 Å². The van der Waals surface area contributed by atoms with Crippen molar-refractivity contribution in [1.82, 2.24) is 0 Å². The highest BCUT2D eigenvalue weighted by Gasteiger charge is 1.93. The van der Waals surface area contributed by atoms with Crippen LogP contribution in [0.5, 0.6) is 0 Å². The van der Waals surface area contributed by atoms with E-state index in [4.69, 9.17) is 9.84 Å². The molecule has 0 aromatic heterocycles. The normalized spacial score (nSPS) is 12.9. The Morgan fingerprint density at radius 2 is 1.19 bits per heavy atom. The van der Waals surface area contributed by atoms with Gasteiger partial charge in [0.15, 0.2) is 6.29 Å². The Morgan fingerprint density at radius 3 is 1.62 bits per heavy atom. The predicted molar refractivity (Wildman–Crippen MR) is 92.2 cm³/mol. The molecule has 2 nitrogen and oxygen atoms in total. The summed E-state index contributed by atoms with van der Waals surface area (Å²) in [6.07, 6.45) is 22.1. The van der Waals surface area contributed by atoms with Crippen molar-refractivity contribution in [3.05, 3.63) is 12.3 Å². The van der Waals surface area contributed by atoms with E-state index in [1.54, 1.807) is 13.2 Å². The third kappa shape index (κ3) is 19.5. The van der Waals surface area contributed by atoms with Crippen LogP contribution >= 0.6 is 0 Å². The second-order valence-electron chi connectivity index (χ2n) is 6.14. The monoisotopic (exact) mass is 298 g/mol. The van der Waals surface area contributed by atoms with Gasteiger partial charge in [-0.1, -0.05) is 84.0 Å². The van der Waals surface area contributed by atoms with E-state index in [9.17, 15) is 0 Å². The first-order chi connectivity index (χ1) is 10.3. The molecule has 0 saturated heterocycles. The van der Waals surface area contributed by atoms with E-state index in [1.807, 2.05) is 6.08 Å². The summed E-state index contributed by atoms with van der Waals surface area (Å²) in [5, 5.41) is 8.89. The molecule has 0 radical (unpaired) electrons. The number of ether oxygens (including phenoxy) is 1. The van der Waals surface area contributed by atoms with Crippen molar-refractivity contribution in [2.24, 2.45) is 0 Å². The van der Waals surface area contributed by atoms with Crippen LogP contribution in [0, 0.1) is 0 Å². The molecule has 0 rings (SSSR count). The minimum absolute atomic E-state index is 0.687. The van der Waals surface area contributed by atoms with Crippen LogP contribution < -0.4 is 0 Å². The quantitative estimate of drug-likeness (QED) is 0.205. The van der Waals surface area contributed by atoms with Crippen molar-refractivity contribution in [3.8, 4) is 0 Å². The van der Waals surface area contributed by atoms with Gasteiger partial charge in [0.25, 0.3) is 0 Å². The topological polar surface area (TPSA) is 29.5 Å². The molecule has 0 bridgehead atoms. The van der Waals surface area contributed by atoms with Crippen LogP contribution in [0.25, 0.3) is 0 Å². The zero-order chi connectivity index (χ0) is 15.6. The highest BCUT2D eigenvalue weighted by atomic mass is 16.6. The molecule has 0 aliphatic rings. The van der Waals surface area contributed by atoms with Gasteiger partial charge in [-0.15, -0.1) is 0 Å². The summed E-state index contributed by atoms with van der Waals surface area (Å²) in [7, 11) is 0. The molecule has 0 aliphatic carbocycles. The SMILES string of the molecule is CCCCCCCCCCCCCCCC=COC(C)O. The van der Waals surface area contributed by atoms with Gasteiger partial charge >= 0.3 is 0 Å². The predicted octanol–water partition coefficient (Wildman–Crippen LogP) is 6.34. The number of hydrogen-bond acceptors (Lipinski definition) is 2. The molecular formula is C19H38O2. The molecule has 0 fully saturated rings. The van der Waals surface area contributed by atoms with Crippen LogP contribution in [0.1, 0.15) is 104 Å². The van der Waals surface area contributed by atoms with Crippen LogP contribution in [0.15, 0.2) is 12.3 Å². The van der Waals surface area contributed by atoms with Crippen molar-refractivity contribution < 1.29 is 9.84 Å². The van der Waals surface area contributed by atoms with Crippen molar-refractivity contribution in [2.75, 3.05) is 0 Å². The highest BCUT2D eigenvalue weighted by Crippen LogP contribution is 2.12. The molecule has 0 spiro atoms.